The van der Waals surface area contributed by atoms with E-state index in [0.717, 1.165) is 24.3 Å². The average Bonchev–Trinajstić information content (AvgIpc) is 2.50. The summed E-state index contributed by atoms with van der Waals surface area (Å²) in [5, 5.41) is 0. The summed E-state index contributed by atoms with van der Waals surface area (Å²) < 4.78 is 65.9. The number of halogens is 3. The van der Waals surface area contributed by atoms with Gasteiger partial charge < -0.3 is 15.4 Å². The Balaban J connectivity index is 2.74. The molecule has 136 valence electrons. The second-order valence-electron chi connectivity index (χ2n) is 4.93. The van der Waals surface area contributed by atoms with E-state index in [1.807, 2.05) is 0 Å². The molecule has 24 heavy (non-hydrogen) atoms. The summed E-state index contributed by atoms with van der Waals surface area (Å²) in [5.41, 5.74) is 5.42. The van der Waals surface area contributed by atoms with E-state index in [9.17, 15) is 26.4 Å². The van der Waals surface area contributed by atoms with Gasteiger partial charge in [-0.05, 0) is 31.2 Å². The smallest absolute Gasteiger partial charge is 0.406 e. The van der Waals surface area contributed by atoms with Crippen molar-refractivity contribution in [1.82, 2.24) is 9.62 Å². The van der Waals surface area contributed by atoms with E-state index >= 15 is 0 Å². The number of sulfonamides is 1. The molecule has 3 N–H and O–H groups in total. The van der Waals surface area contributed by atoms with Crippen molar-refractivity contribution in [2.24, 2.45) is 5.73 Å². The fourth-order valence-corrected chi connectivity index (χ4v) is 2.56. The lowest BCUT2D eigenvalue weighted by Gasteiger charge is -2.23. The maximum absolute atomic E-state index is 12.1. The third kappa shape index (κ3) is 5.98. The summed E-state index contributed by atoms with van der Waals surface area (Å²) in [4.78, 5) is 12.8. The highest BCUT2D eigenvalue weighted by Crippen LogP contribution is 2.23. The average molecular weight is 369 g/mol. The highest BCUT2D eigenvalue weighted by Gasteiger charge is 2.31. The molecule has 0 fully saturated rings. The zero-order valence-corrected chi connectivity index (χ0v) is 13.8. The van der Waals surface area contributed by atoms with Crippen molar-refractivity contribution in [1.29, 1.82) is 0 Å². The van der Waals surface area contributed by atoms with Gasteiger partial charge in [0.05, 0.1) is 11.4 Å². The molecule has 0 aliphatic carbocycles. The molecule has 1 atom stereocenters. The minimum Gasteiger partial charge on any atom is -0.406 e. The van der Waals surface area contributed by atoms with Crippen LogP contribution in [0.15, 0.2) is 29.2 Å². The Labute approximate surface area is 137 Å². The molecule has 0 heterocycles. The second kappa shape index (κ2) is 7.81. The van der Waals surface area contributed by atoms with Gasteiger partial charge in [-0.15, -0.1) is 13.2 Å². The van der Waals surface area contributed by atoms with Gasteiger partial charge in [0.1, 0.15) is 5.75 Å². The number of hydrogen-bond acceptors (Lipinski definition) is 5. The molecular weight excluding hydrogens is 351 g/mol. The predicted molar refractivity (Wildman–Crippen MR) is 79.6 cm³/mol. The molecule has 0 bridgehead atoms. The first kappa shape index (κ1) is 20.2. The molecule has 1 rings (SSSR count). The van der Waals surface area contributed by atoms with Crippen molar-refractivity contribution >= 4 is 15.9 Å². The predicted octanol–water partition coefficient (Wildman–Crippen LogP) is 0.669. The fraction of sp³-hybridized carbons (Fsp3) is 0.462. The third-order valence-electron chi connectivity index (χ3n) is 3.18. The lowest BCUT2D eigenvalue weighted by Crippen LogP contribution is -2.44. The van der Waals surface area contributed by atoms with Gasteiger partial charge in [0.15, 0.2) is 0 Å². The van der Waals surface area contributed by atoms with Gasteiger partial charge in [-0.1, -0.05) is 0 Å². The monoisotopic (exact) mass is 369 g/mol. The van der Waals surface area contributed by atoms with Crippen LogP contribution in [-0.4, -0.2) is 51.8 Å². The van der Waals surface area contributed by atoms with Crippen LogP contribution in [0.3, 0.4) is 0 Å². The largest absolute Gasteiger partial charge is 0.573 e. The number of carbonyl (C=O) groups excluding carboxylic acids is 1. The van der Waals surface area contributed by atoms with Gasteiger partial charge in [-0.25, -0.2) is 13.1 Å². The van der Waals surface area contributed by atoms with Crippen LogP contribution in [0.2, 0.25) is 0 Å². The summed E-state index contributed by atoms with van der Waals surface area (Å²) in [6.07, 6.45) is -4.87. The molecule has 1 aromatic rings. The van der Waals surface area contributed by atoms with E-state index in [2.05, 4.69) is 9.46 Å². The molecule has 0 spiro atoms. The van der Waals surface area contributed by atoms with Crippen molar-refractivity contribution in [2.45, 2.75) is 24.2 Å². The Bertz CT molecular complexity index is 662. The van der Waals surface area contributed by atoms with Crippen molar-refractivity contribution in [3.8, 4) is 5.75 Å². The van der Waals surface area contributed by atoms with Crippen LogP contribution in [0.4, 0.5) is 13.2 Å². The first-order chi connectivity index (χ1) is 11.0. The van der Waals surface area contributed by atoms with Crippen LogP contribution in [0, 0.1) is 0 Å². The first-order valence-corrected chi connectivity index (χ1v) is 8.26. The molecule has 0 aliphatic rings. The maximum Gasteiger partial charge on any atom is 0.573 e. The van der Waals surface area contributed by atoms with Crippen molar-refractivity contribution in [3.63, 3.8) is 0 Å². The molecule has 0 aliphatic heterocycles. The molecule has 0 saturated heterocycles. The van der Waals surface area contributed by atoms with Gasteiger partial charge in [-0.3, -0.25) is 4.79 Å². The zero-order chi connectivity index (χ0) is 18.5. The van der Waals surface area contributed by atoms with Gasteiger partial charge in [0, 0.05) is 19.6 Å². The van der Waals surface area contributed by atoms with Crippen molar-refractivity contribution in [2.75, 3.05) is 20.1 Å². The van der Waals surface area contributed by atoms with Gasteiger partial charge >= 0.3 is 6.36 Å². The zero-order valence-electron chi connectivity index (χ0n) is 13.0. The number of nitrogens with two attached hydrogens (primary N) is 1. The standard InChI is InChI=1S/C13H18F3N3O4S/c1-9(7-17)19(2)12(20)8-18-24(21,22)11-5-3-10(4-6-11)23-13(14,15)16/h3-6,9,18H,7-8,17H2,1-2H3. The van der Waals surface area contributed by atoms with Gasteiger partial charge in [0.2, 0.25) is 15.9 Å². The number of likely N-dealkylation sites (N-methyl/N-ethyl adjacent to an activating group) is 1. The van der Waals surface area contributed by atoms with Crippen LogP contribution in [0.1, 0.15) is 6.92 Å². The fourth-order valence-electron chi connectivity index (χ4n) is 1.59. The third-order valence-corrected chi connectivity index (χ3v) is 4.59. The van der Waals surface area contributed by atoms with Crippen LogP contribution in [0.25, 0.3) is 0 Å². The van der Waals surface area contributed by atoms with E-state index in [4.69, 9.17) is 5.73 Å². The molecule has 0 saturated carbocycles. The quantitative estimate of drug-likeness (QED) is 0.736. The van der Waals surface area contributed by atoms with Gasteiger partial charge in [-0.2, -0.15) is 0 Å². The number of hydrogen-bond donors (Lipinski definition) is 2. The topological polar surface area (TPSA) is 102 Å². The minimum atomic E-state index is -4.87. The van der Waals surface area contributed by atoms with Crippen LogP contribution in [0.5, 0.6) is 5.75 Å². The van der Waals surface area contributed by atoms with E-state index < -0.39 is 34.6 Å². The summed E-state index contributed by atoms with van der Waals surface area (Å²) in [6, 6.07) is 3.36. The minimum absolute atomic E-state index is 0.218. The maximum atomic E-state index is 12.1. The Morgan fingerprint density at radius 1 is 1.33 bits per heavy atom. The Morgan fingerprint density at radius 2 is 1.88 bits per heavy atom. The van der Waals surface area contributed by atoms with E-state index in [1.54, 1.807) is 6.92 Å². The first-order valence-electron chi connectivity index (χ1n) is 6.77. The number of nitrogens with zero attached hydrogens (tertiary/aromatic N) is 1. The number of rotatable bonds is 7. The lowest BCUT2D eigenvalue weighted by atomic mass is 10.3. The second-order valence-corrected chi connectivity index (χ2v) is 6.70. The highest BCUT2D eigenvalue weighted by molar-refractivity contribution is 7.89. The van der Waals surface area contributed by atoms with E-state index in [-0.39, 0.29) is 17.5 Å². The molecule has 7 nitrogen and oxygen atoms in total. The number of ether oxygens (including phenoxy) is 1. The number of nitrogens with one attached hydrogen (secondary N) is 1. The summed E-state index contributed by atoms with van der Waals surface area (Å²) in [5.74, 6) is -1.04. The SMILES string of the molecule is CC(CN)N(C)C(=O)CNS(=O)(=O)c1ccc(OC(F)(F)F)cc1. The summed E-state index contributed by atoms with van der Waals surface area (Å²) >= 11 is 0. The van der Waals surface area contributed by atoms with Crippen molar-refractivity contribution < 1.29 is 31.1 Å². The summed E-state index contributed by atoms with van der Waals surface area (Å²) in [6.45, 7) is 1.42. The molecule has 1 amide bonds. The van der Waals surface area contributed by atoms with Crippen LogP contribution < -0.4 is 15.2 Å². The molecule has 0 radical (unpaired) electrons. The Hall–Kier alpha value is -1.85. The summed E-state index contributed by atoms with van der Waals surface area (Å²) in [7, 11) is -2.56. The van der Waals surface area contributed by atoms with Gasteiger partial charge in [0.25, 0.3) is 0 Å². The molecule has 1 aromatic carbocycles. The highest BCUT2D eigenvalue weighted by atomic mass is 32.2. The lowest BCUT2D eigenvalue weighted by molar-refractivity contribution is -0.274. The number of alkyl halides is 3. The number of amides is 1. The molecule has 1 unspecified atom stereocenters. The molecule has 0 aromatic heterocycles. The van der Waals surface area contributed by atoms with E-state index in [1.165, 1.54) is 11.9 Å². The van der Waals surface area contributed by atoms with Crippen LogP contribution in [-0.2, 0) is 14.8 Å². The Morgan fingerprint density at radius 3 is 2.33 bits per heavy atom. The van der Waals surface area contributed by atoms with E-state index in [0.29, 0.717) is 0 Å². The normalized spacial score (nSPS) is 13.4. The van der Waals surface area contributed by atoms with Crippen molar-refractivity contribution in [3.05, 3.63) is 24.3 Å². The number of carbonyl (C=O) groups is 1. The van der Waals surface area contributed by atoms with Crippen LogP contribution >= 0.6 is 0 Å². The molecular formula is C13H18F3N3O4S. The molecule has 11 heteroatoms. The number of benzene rings is 1. The Kier molecular flexibility index (Phi) is 6.58.